The van der Waals surface area contributed by atoms with Crippen molar-refractivity contribution in [2.45, 2.75) is 45.6 Å². The second kappa shape index (κ2) is 10.5. The summed E-state index contributed by atoms with van der Waals surface area (Å²) in [6.07, 6.45) is 5.91. The number of carbonyl (C=O) groups is 2. The van der Waals surface area contributed by atoms with E-state index in [1.807, 2.05) is 13.0 Å². The fourth-order valence-corrected chi connectivity index (χ4v) is 6.33. The van der Waals surface area contributed by atoms with Crippen LogP contribution in [0.4, 0.5) is 5.00 Å². The summed E-state index contributed by atoms with van der Waals surface area (Å²) in [6, 6.07) is 5.09. The van der Waals surface area contributed by atoms with Crippen molar-refractivity contribution in [3.63, 3.8) is 0 Å². The van der Waals surface area contributed by atoms with Gasteiger partial charge in [0.1, 0.15) is 21.8 Å². The van der Waals surface area contributed by atoms with Gasteiger partial charge in [0.2, 0.25) is 0 Å². The molecule has 0 spiro atoms. The Morgan fingerprint density at radius 1 is 1.21 bits per heavy atom. The largest absolute Gasteiger partial charge is 0.385 e. The number of pyridine rings is 2. The first-order valence-electron chi connectivity index (χ1n) is 12.6. The molecule has 11 heteroatoms. The lowest BCUT2D eigenvalue weighted by Crippen LogP contribution is -2.32. The number of thiophene rings is 1. The van der Waals surface area contributed by atoms with E-state index in [-0.39, 0.29) is 27.9 Å². The Balaban J connectivity index is 1.66. The number of hydrogen-bond acceptors (Lipinski definition) is 7. The molecule has 1 aliphatic carbocycles. The number of methoxy groups -OCH3 is 1. The monoisotopic (exact) mass is 534 g/mol. The topological polar surface area (TPSA) is 131 Å². The zero-order chi connectivity index (χ0) is 27.0. The zero-order valence-electron chi connectivity index (χ0n) is 21.6. The zero-order valence-corrected chi connectivity index (χ0v) is 22.5. The number of ether oxygens (including phenoxy) is 1. The van der Waals surface area contributed by atoms with E-state index in [2.05, 4.69) is 10.6 Å². The maximum absolute atomic E-state index is 13.6. The van der Waals surface area contributed by atoms with E-state index in [0.717, 1.165) is 41.7 Å². The Hall–Kier alpha value is -3.83. The molecule has 1 aliphatic rings. The molecule has 198 valence electrons. The molecule has 0 saturated carbocycles. The van der Waals surface area contributed by atoms with Crippen molar-refractivity contribution in [3.8, 4) is 0 Å². The van der Waals surface area contributed by atoms with Gasteiger partial charge in [-0.25, -0.2) is 4.98 Å². The summed E-state index contributed by atoms with van der Waals surface area (Å²) >= 11 is 1.41. The van der Waals surface area contributed by atoms with Gasteiger partial charge in [-0.15, -0.1) is 11.3 Å². The third-order valence-electron chi connectivity index (χ3n) is 6.96. The standard InChI is InChI=1S/C27H30N6O4S/c1-15-8-6-11-33-22(15)30-23-18(27(33)36)14-17(21(28)32(23)12-7-13-37-3)24(34)31-26-20(25(35)29-2)16-9-4-5-10-19(16)38-26/h6,8,11,14,28H,4-5,7,9-10,12-13H2,1-3H3,(H,29,35)(H,31,34). The minimum Gasteiger partial charge on any atom is -0.385 e. The minimum atomic E-state index is -0.546. The maximum atomic E-state index is 13.6. The van der Waals surface area contributed by atoms with E-state index < -0.39 is 5.91 Å². The maximum Gasteiger partial charge on any atom is 0.267 e. The number of rotatable bonds is 7. The molecule has 4 heterocycles. The molecule has 0 unspecified atom stereocenters. The molecule has 38 heavy (non-hydrogen) atoms. The van der Waals surface area contributed by atoms with Gasteiger partial charge in [-0.1, -0.05) is 6.07 Å². The number of aryl methyl sites for hydroxylation is 3. The number of hydrogen-bond donors (Lipinski definition) is 3. The lowest BCUT2D eigenvalue weighted by Gasteiger charge is -2.15. The molecule has 0 aromatic carbocycles. The molecule has 5 rings (SSSR count). The average molecular weight is 535 g/mol. The van der Waals surface area contributed by atoms with Gasteiger partial charge in [0.05, 0.1) is 16.5 Å². The minimum absolute atomic E-state index is 0.0376. The Morgan fingerprint density at radius 3 is 2.76 bits per heavy atom. The van der Waals surface area contributed by atoms with Crippen molar-refractivity contribution >= 4 is 44.8 Å². The highest BCUT2D eigenvalue weighted by Gasteiger charge is 2.27. The van der Waals surface area contributed by atoms with Gasteiger partial charge in [-0.3, -0.25) is 24.2 Å². The van der Waals surface area contributed by atoms with Gasteiger partial charge in [0.15, 0.2) is 0 Å². The van der Waals surface area contributed by atoms with Crippen molar-refractivity contribution in [1.82, 2.24) is 19.3 Å². The molecular weight excluding hydrogens is 504 g/mol. The fraction of sp³-hybridized carbons (Fsp3) is 0.370. The molecule has 0 fully saturated rings. The van der Waals surface area contributed by atoms with Gasteiger partial charge in [0.25, 0.3) is 17.4 Å². The van der Waals surface area contributed by atoms with Crippen LogP contribution in [0.1, 0.15) is 56.0 Å². The molecule has 2 amide bonds. The average Bonchev–Trinajstić information content (AvgIpc) is 3.28. The lowest BCUT2D eigenvalue weighted by atomic mass is 9.95. The smallest absolute Gasteiger partial charge is 0.267 e. The number of nitrogens with one attached hydrogen (secondary N) is 3. The van der Waals surface area contributed by atoms with Crippen LogP contribution in [-0.4, -0.2) is 46.5 Å². The Kier molecular flexibility index (Phi) is 7.13. The summed E-state index contributed by atoms with van der Waals surface area (Å²) in [7, 11) is 3.17. The SMILES string of the molecule is CNC(=O)c1c(NC(=O)c2cc3c(=O)n4cccc(C)c4nc3n(CCCOC)c2=N)sc2c1CCCC2. The number of anilines is 1. The quantitative estimate of drug-likeness (QED) is 0.248. The van der Waals surface area contributed by atoms with Crippen LogP contribution in [0.2, 0.25) is 0 Å². The Bertz CT molecular complexity index is 1700. The van der Waals surface area contributed by atoms with E-state index in [1.165, 1.54) is 21.8 Å². The molecule has 3 N–H and O–H groups in total. The summed E-state index contributed by atoms with van der Waals surface area (Å²) < 4.78 is 8.25. The van der Waals surface area contributed by atoms with Crippen LogP contribution in [0.15, 0.2) is 29.2 Å². The van der Waals surface area contributed by atoms with Crippen LogP contribution in [0.3, 0.4) is 0 Å². The molecular formula is C27H30N6O4S. The highest BCUT2D eigenvalue weighted by atomic mass is 32.1. The van der Waals surface area contributed by atoms with Gasteiger partial charge in [0, 0.05) is 38.4 Å². The van der Waals surface area contributed by atoms with Gasteiger partial charge < -0.3 is 19.9 Å². The summed E-state index contributed by atoms with van der Waals surface area (Å²) in [5, 5.41) is 15.2. The van der Waals surface area contributed by atoms with Crippen LogP contribution >= 0.6 is 11.3 Å². The highest BCUT2D eigenvalue weighted by molar-refractivity contribution is 7.17. The van der Waals surface area contributed by atoms with Crippen LogP contribution in [0, 0.1) is 12.3 Å². The first-order valence-corrected chi connectivity index (χ1v) is 13.4. The van der Waals surface area contributed by atoms with Crippen LogP contribution in [-0.2, 0) is 24.1 Å². The fourth-order valence-electron chi connectivity index (χ4n) is 5.04. The molecule has 0 aliphatic heterocycles. The van der Waals surface area contributed by atoms with E-state index in [4.69, 9.17) is 15.1 Å². The first kappa shape index (κ1) is 25.8. The normalized spacial score (nSPS) is 13.0. The predicted octanol–water partition coefficient (Wildman–Crippen LogP) is 3.03. The summed E-state index contributed by atoms with van der Waals surface area (Å²) in [4.78, 5) is 45.8. The van der Waals surface area contributed by atoms with Crippen molar-refractivity contribution in [1.29, 1.82) is 5.41 Å². The first-order chi connectivity index (χ1) is 18.3. The van der Waals surface area contributed by atoms with Crippen LogP contribution < -0.4 is 21.7 Å². The van der Waals surface area contributed by atoms with E-state index in [1.54, 1.807) is 31.0 Å². The van der Waals surface area contributed by atoms with Gasteiger partial charge >= 0.3 is 0 Å². The van der Waals surface area contributed by atoms with E-state index in [9.17, 15) is 14.4 Å². The number of nitrogens with zero attached hydrogens (tertiary/aromatic N) is 3. The van der Waals surface area contributed by atoms with Crippen molar-refractivity contribution < 1.29 is 14.3 Å². The van der Waals surface area contributed by atoms with E-state index >= 15 is 0 Å². The molecule has 0 atom stereocenters. The third kappa shape index (κ3) is 4.41. The molecule has 0 bridgehead atoms. The van der Waals surface area contributed by atoms with Crippen LogP contribution in [0.25, 0.3) is 16.7 Å². The summed E-state index contributed by atoms with van der Waals surface area (Å²) in [5.41, 5.74) is 2.81. The van der Waals surface area contributed by atoms with Crippen molar-refractivity contribution in [2.24, 2.45) is 0 Å². The van der Waals surface area contributed by atoms with Gasteiger partial charge in [-0.2, -0.15) is 0 Å². The molecule has 0 radical (unpaired) electrons. The Morgan fingerprint density at radius 2 is 2.00 bits per heavy atom. The van der Waals surface area contributed by atoms with Crippen molar-refractivity contribution in [3.05, 3.63) is 67.4 Å². The number of amides is 2. The van der Waals surface area contributed by atoms with E-state index in [0.29, 0.717) is 41.4 Å². The third-order valence-corrected chi connectivity index (χ3v) is 8.17. The highest BCUT2D eigenvalue weighted by Crippen LogP contribution is 2.38. The van der Waals surface area contributed by atoms with Crippen LogP contribution in [0.5, 0.6) is 0 Å². The lowest BCUT2D eigenvalue weighted by molar-refractivity contribution is 0.0963. The summed E-state index contributed by atoms with van der Waals surface area (Å²) in [5.74, 6) is -0.793. The number of carbonyl (C=O) groups excluding carboxylic acids is 2. The second-order valence-corrected chi connectivity index (χ2v) is 10.5. The van der Waals surface area contributed by atoms with Gasteiger partial charge in [-0.05, 0) is 62.3 Å². The molecule has 4 aromatic heterocycles. The van der Waals surface area contributed by atoms with Crippen molar-refractivity contribution in [2.75, 3.05) is 26.1 Å². The number of fused-ring (bicyclic) bond motifs is 3. The summed E-state index contributed by atoms with van der Waals surface area (Å²) in [6.45, 7) is 2.67. The molecule has 0 saturated heterocycles. The molecule has 4 aromatic rings. The predicted molar refractivity (Wildman–Crippen MR) is 146 cm³/mol. The number of aromatic nitrogens is 3. The Labute approximate surface area is 222 Å². The molecule has 10 nitrogen and oxygen atoms in total. The second-order valence-electron chi connectivity index (χ2n) is 9.39.